The van der Waals surface area contributed by atoms with E-state index in [9.17, 15) is 9.59 Å². The van der Waals surface area contributed by atoms with Crippen molar-refractivity contribution in [2.75, 3.05) is 44.2 Å². The van der Waals surface area contributed by atoms with Crippen LogP contribution in [0.5, 0.6) is 0 Å². The van der Waals surface area contributed by atoms with Crippen molar-refractivity contribution in [3.63, 3.8) is 0 Å². The number of carbonyl (C=O) groups is 2. The predicted octanol–water partition coefficient (Wildman–Crippen LogP) is 0.0611. The van der Waals surface area contributed by atoms with Gasteiger partial charge in [-0.25, -0.2) is 14.8 Å². The van der Waals surface area contributed by atoms with Gasteiger partial charge in [-0.2, -0.15) is 0 Å². The molecule has 2 heterocycles. The molecule has 0 aromatic carbocycles. The van der Waals surface area contributed by atoms with Crippen LogP contribution in [0.3, 0.4) is 0 Å². The monoisotopic (exact) mass is 320 g/mol. The first-order valence-electron chi connectivity index (χ1n) is 7.85. The minimum atomic E-state index is -0.442. The first-order valence-corrected chi connectivity index (χ1v) is 7.85. The Hall–Kier alpha value is -2.22. The Kier molecular flexibility index (Phi) is 5.86. The summed E-state index contributed by atoms with van der Waals surface area (Å²) >= 11 is 0. The van der Waals surface area contributed by atoms with E-state index in [0.29, 0.717) is 6.54 Å². The summed E-state index contributed by atoms with van der Waals surface area (Å²) in [5, 5.41) is 4.86. The lowest BCUT2D eigenvalue weighted by molar-refractivity contribution is -0.121. The van der Waals surface area contributed by atoms with Gasteiger partial charge in [-0.1, -0.05) is 0 Å². The van der Waals surface area contributed by atoms with E-state index < -0.39 is 6.03 Å². The third-order valence-electron chi connectivity index (χ3n) is 3.61. The molecule has 1 saturated heterocycles. The highest BCUT2D eigenvalue weighted by Crippen LogP contribution is 2.14. The summed E-state index contributed by atoms with van der Waals surface area (Å²) in [6.07, 6.45) is 0. The number of hydrogen-bond donors (Lipinski definition) is 2. The van der Waals surface area contributed by atoms with E-state index in [1.807, 2.05) is 24.8 Å². The van der Waals surface area contributed by atoms with Gasteiger partial charge in [0.1, 0.15) is 11.6 Å². The van der Waals surface area contributed by atoms with Gasteiger partial charge in [0, 0.05) is 44.5 Å². The highest BCUT2D eigenvalue weighted by molar-refractivity contribution is 5.95. The molecule has 8 nitrogen and oxygen atoms in total. The molecule has 2 N–H and O–H groups in total. The van der Waals surface area contributed by atoms with E-state index in [1.54, 1.807) is 6.92 Å². The van der Waals surface area contributed by atoms with Gasteiger partial charge in [0.15, 0.2) is 0 Å². The SMILES string of the molecule is CCNC(=O)NC(=O)CN1CCN(c2cc(C)nc(C)n2)CC1. The van der Waals surface area contributed by atoms with Crippen LogP contribution in [0.1, 0.15) is 18.4 Å². The number of aryl methyl sites for hydroxylation is 2. The van der Waals surface area contributed by atoms with Crippen molar-refractivity contribution in [1.29, 1.82) is 0 Å². The van der Waals surface area contributed by atoms with Gasteiger partial charge >= 0.3 is 6.03 Å². The Labute approximate surface area is 136 Å². The van der Waals surface area contributed by atoms with Crippen molar-refractivity contribution in [2.24, 2.45) is 0 Å². The van der Waals surface area contributed by atoms with Gasteiger partial charge in [-0.3, -0.25) is 15.0 Å². The summed E-state index contributed by atoms with van der Waals surface area (Å²) in [6, 6.07) is 1.54. The summed E-state index contributed by atoms with van der Waals surface area (Å²) in [5.74, 6) is 1.42. The Morgan fingerprint density at radius 1 is 1.17 bits per heavy atom. The number of imide groups is 1. The molecule has 0 aliphatic carbocycles. The first kappa shape index (κ1) is 17.1. The molecule has 23 heavy (non-hydrogen) atoms. The third kappa shape index (κ3) is 5.17. The summed E-state index contributed by atoms with van der Waals surface area (Å²) in [7, 11) is 0. The van der Waals surface area contributed by atoms with Crippen LogP contribution in [0, 0.1) is 13.8 Å². The second kappa shape index (κ2) is 7.87. The summed E-state index contributed by atoms with van der Waals surface area (Å²) in [5.41, 5.74) is 0.955. The minimum Gasteiger partial charge on any atom is -0.354 e. The topological polar surface area (TPSA) is 90.5 Å². The highest BCUT2D eigenvalue weighted by Gasteiger charge is 2.21. The van der Waals surface area contributed by atoms with Crippen LogP contribution in [0.15, 0.2) is 6.07 Å². The van der Waals surface area contributed by atoms with Crippen LogP contribution in [0.2, 0.25) is 0 Å². The van der Waals surface area contributed by atoms with Gasteiger partial charge in [0.05, 0.1) is 6.54 Å². The zero-order valence-electron chi connectivity index (χ0n) is 13.9. The lowest BCUT2D eigenvalue weighted by Gasteiger charge is -2.35. The lowest BCUT2D eigenvalue weighted by atomic mass is 10.3. The van der Waals surface area contributed by atoms with Crippen LogP contribution in [-0.4, -0.2) is 66.1 Å². The number of urea groups is 1. The van der Waals surface area contributed by atoms with Gasteiger partial charge in [-0.15, -0.1) is 0 Å². The smallest absolute Gasteiger partial charge is 0.321 e. The van der Waals surface area contributed by atoms with E-state index in [2.05, 4.69) is 25.5 Å². The third-order valence-corrected chi connectivity index (χ3v) is 3.61. The Bertz CT molecular complexity index is 549. The molecule has 0 bridgehead atoms. The number of aromatic nitrogens is 2. The van der Waals surface area contributed by atoms with E-state index in [1.165, 1.54) is 0 Å². The van der Waals surface area contributed by atoms with Crippen LogP contribution in [0.4, 0.5) is 10.6 Å². The molecule has 0 spiro atoms. The quantitative estimate of drug-likeness (QED) is 0.815. The van der Waals surface area contributed by atoms with Crippen LogP contribution < -0.4 is 15.5 Å². The summed E-state index contributed by atoms with van der Waals surface area (Å²) < 4.78 is 0. The Morgan fingerprint density at radius 3 is 2.48 bits per heavy atom. The first-order chi connectivity index (χ1) is 11.0. The van der Waals surface area contributed by atoms with Crippen LogP contribution >= 0.6 is 0 Å². The molecule has 3 amide bonds. The molecule has 0 radical (unpaired) electrons. The highest BCUT2D eigenvalue weighted by atomic mass is 16.2. The molecule has 1 aliphatic heterocycles. The molecule has 0 unspecified atom stereocenters. The second-order valence-electron chi connectivity index (χ2n) is 5.59. The fourth-order valence-corrected chi connectivity index (χ4v) is 2.57. The minimum absolute atomic E-state index is 0.229. The summed E-state index contributed by atoms with van der Waals surface area (Å²) in [4.78, 5) is 36.1. The van der Waals surface area contributed by atoms with E-state index >= 15 is 0 Å². The number of hydrogen-bond acceptors (Lipinski definition) is 6. The molecule has 1 fully saturated rings. The zero-order valence-corrected chi connectivity index (χ0v) is 13.9. The largest absolute Gasteiger partial charge is 0.354 e. The standard InChI is InChI=1S/C15H24N6O2/c1-4-16-15(23)19-14(22)10-20-5-7-21(8-6-20)13-9-11(2)17-12(3)18-13/h9H,4-8,10H2,1-3H3,(H2,16,19,22,23). The maximum Gasteiger partial charge on any atom is 0.321 e. The molecule has 8 heteroatoms. The lowest BCUT2D eigenvalue weighted by Crippen LogP contribution is -2.51. The average molecular weight is 320 g/mol. The fraction of sp³-hybridized carbons (Fsp3) is 0.600. The number of piperazine rings is 1. The maximum absolute atomic E-state index is 11.8. The number of nitrogens with one attached hydrogen (secondary N) is 2. The normalized spacial score (nSPS) is 15.3. The molecule has 2 rings (SSSR count). The van der Waals surface area contributed by atoms with Gasteiger partial charge in [-0.05, 0) is 20.8 Å². The zero-order chi connectivity index (χ0) is 16.8. The van der Waals surface area contributed by atoms with Gasteiger partial charge in [0.2, 0.25) is 5.91 Å². The van der Waals surface area contributed by atoms with E-state index in [4.69, 9.17) is 0 Å². The number of anilines is 1. The molecular formula is C15H24N6O2. The van der Waals surface area contributed by atoms with Gasteiger partial charge < -0.3 is 10.2 Å². The number of carbonyl (C=O) groups excluding carboxylic acids is 2. The van der Waals surface area contributed by atoms with Crippen molar-refractivity contribution < 1.29 is 9.59 Å². The number of nitrogens with zero attached hydrogens (tertiary/aromatic N) is 4. The van der Waals surface area contributed by atoms with E-state index in [-0.39, 0.29) is 12.5 Å². The maximum atomic E-state index is 11.8. The van der Waals surface area contributed by atoms with Crippen LogP contribution in [0.25, 0.3) is 0 Å². The molecule has 0 saturated carbocycles. The van der Waals surface area contributed by atoms with Crippen molar-refractivity contribution >= 4 is 17.8 Å². The van der Waals surface area contributed by atoms with Crippen molar-refractivity contribution in [3.8, 4) is 0 Å². The Morgan fingerprint density at radius 2 is 1.87 bits per heavy atom. The van der Waals surface area contributed by atoms with Crippen molar-refractivity contribution in [1.82, 2.24) is 25.5 Å². The van der Waals surface area contributed by atoms with Gasteiger partial charge in [0.25, 0.3) is 0 Å². The van der Waals surface area contributed by atoms with Crippen LogP contribution in [-0.2, 0) is 4.79 Å². The Balaban J connectivity index is 1.81. The predicted molar refractivity (Wildman–Crippen MR) is 87.4 cm³/mol. The molecule has 1 aromatic heterocycles. The average Bonchev–Trinajstić information content (AvgIpc) is 2.47. The van der Waals surface area contributed by atoms with Crippen molar-refractivity contribution in [3.05, 3.63) is 17.6 Å². The molecule has 0 atom stereocenters. The second-order valence-corrected chi connectivity index (χ2v) is 5.59. The molecule has 1 aliphatic rings. The molecule has 126 valence electrons. The summed E-state index contributed by atoms with van der Waals surface area (Å²) in [6.45, 7) is 9.48. The number of amides is 3. The number of rotatable bonds is 4. The van der Waals surface area contributed by atoms with Crippen molar-refractivity contribution in [2.45, 2.75) is 20.8 Å². The fourth-order valence-electron chi connectivity index (χ4n) is 2.57. The van der Waals surface area contributed by atoms with E-state index in [0.717, 1.165) is 43.5 Å². The molecule has 1 aromatic rings. The molecular weight excluding hydrogens is 296 g/mol.